The number of hydrogen-bond donors (Lipinski definition) is 0. The van der Waals surface area contributed by atoms with Crippen LogP contribution in [0.5, 0.6) is 0 Å². The topological polar surface area (TPSA) is 69.0 Å². The first-order valence-electron chi connectivity index (χ1n) is 7.72. The fourth-order valence-corrected chi connectivity index (χ4v) is 4.34. The van der Waals surface area contributed by atoms with Crippen molar-refractivity contribution < 1.29 is 22.0 Å². The molecular formula is C18H13ClF2N2O3S. The number of carbonyl (C=O) groups excluding carboxylic acids is 1. The molecule has 0 bridgehead atoms. The number of hydrogen-bond acceptors (Lipinski definition) is 4. The van der Waals surface area contributed by atoms with Gasteiger partial charge in [-0.25, -0.2) is 21.9 Å². The highest BCUT2D eigenvalue weighted by molar-refractivity contribution is 7.92. The number of rotatable bonds is 5. The third-order valence-electron chi connectivity index (χ3n) is 3.82. The van der Waals surface area contributed by atoms with Crippen molar-refractivity contribution >= 4 is 27.2 Å². The van der Waals surface area contributed by atoms with Crippen molar-refractivity contribution in [3.8, 4) is 5.69 Å². The van der Waals surface area contributed by atoms with Crippen LogP contribution >= 0.6 is 11.6 Å². The summed E-state index contributed by atoms with van der Waals surface area (Å²) in [6.45, 7) is 1.50. The second-order valence-electron chi connectivity index (χ2n) is 5.77. The van der Waals surface area contributed by atoms with Crippen LogP contribution in [0.3, 0.4) is 0 Å². The van der Waals surface area contributed by atoms with Gasteiger partial charge in [0.1, 0.15) is 17.1 Å². The van der Waals surface area contributed by atoms with Crippen LogP contribution < -0.4 is 0 Å². The van der Waals surface area contributed by atoms with Gasteiger partial charge >= 0.3 is 0 Å². The van der Waals surface area contributed by atoms with Gasteiger partial charge < -0.3 is 0 Å². The molecule has 0 N–H and O–H groups in total. The molecule has 3 aromatic rings. The molecule has 2 aromatic carbocycles. The number of aryl methyl sites for hydroxylation is 1. The predicted molar refractivity (Wildman–Crippen MR) is 96.1 cm³/mol. The number of ketones is 1. The Morgan fingerprint density at radius 2 is 1.74 bits per heavy atom. The van der Waals surface area contributed by atoms with Crippen LogP contribution in [0.2, 0.25) is 5.02 Å². The fraction of sp³-hybridized carbons (Fsp3) is 0.111. The van der Waals surface area contributed by atoms with Gasteiger partial charge in [0.2, 0.25) is 0 Å². The molecule has 0 saturated carbocycles. The summed E-state index contributed by atoms with van der Waals surface area (Å²) in [6.07, 6.45) is 0. The minimum atomic E-state index is -4.00. The van der Waals surface area contributed by atoms with E-state index in [1.54, 1.807) is 6.07 Å². The number of aromatic nitrogens is 2. The summed E-state index contributed by atoms with van der Waals surface area (Å²) >= 11 is 5.89. The van der Waals surface area contributed by atoms with Crippen molar-refractivity contribution in [2.75, 3.05) is 5.75 Å². The summed E-state index contributed by atoms with van der Waals surface area (Å²) in [5, 5.41) is 3.89. The van der Waals surface area contributed by atoms with Crippen LogP contribution in [-0.4, -0.2) is 29.7 Å². The summed E-state index contributed by atoms with van der Waals surface area (Å²) in [4.78, 5) is 12.3. The average Bonchev–Trinajstić information content (AvgIpc) is 2.96. The van der Waals surface area contributed by atoms with Crippen LogP contribution in [0.1, 0.15) is 16.2 Å². The molecule has 0 saturated heterocycles. The maximum atomic E-state index is 14.0. The number of sulfone groups is 1. The van der Waals surface area contributed by atoms with Crippen LogP contribution in [0.25, 0.3) is 5.69 Å². The summed E-state index contributed by atoms with van der Waals surface area (Å²) in [6, 6.07) is 10.3. The first-order chi connectivity index (χ1) is 12.7. The van der Waals surface area contributed by atoms with E-state index in [2.05, 4.69) is 5.10 Å². The molecule has 0 aliphatic rings. The summed E-state index contributed by atoms with van der Waals surface area (Å²) in [7, 11) is -4.00. The lowest BCUT2D eigenvalue weighted by Gasteiger charge is -2.07. The van der Waals surface area contributed by atoms with Gasteiger partial charge in [-0.2, -0.15) is 5.10 Å². The van der Waals surface area contributed by atoms with E-state index in [-0.39, 0.29) is 21.3 Å². The Labute approximate surface area is 159 Å². The lowest BCUT2D eigenvalue weighted by molar-refractivity contribution is 0.101. The Hall–Kier alpha value is -2.58. The van der Waals surface area contributed by atoms with Gasteiger partial charge in [-0.1, -0.05) is 29.8 Å². The normalized spacial score (nSPS) is 11.6. The average molecular weight is 411 g/mol. The van der Waals surface area contributed by atoms with Crippen molar-refractivity contribution in [2.24, 2.45) is 0 Å². The Morgan fingerprint density at radius 1 is 1.11 bits per heavy atom. The smallest absolute Gasteiger partial charge is 0.198 e. The highest BCUT2D eigenvalue weighted by Crippen LogP contribution is 2.23. The minimum Gasteiger partial charge on any atom is -0.291 e. The van der Waals surface area contributed by atoms with Crippen molar-refractivity contribution in [1.29, 1.82) is 0 Å². The molecule has 0 atom stereocenters. The first-order valence-corrected chi connectivity index (χ1v) is 9.75. The highest BCUT2D eigenvalue weighted by Gasteiger charge is 2.25. The molecule has 1 heterocycles. The lowest BCUT2D eigenvalue weighted by atomic mass is 10.2. The Balaban J connectivity index is 1.95. The standard InChI is InChI=1S/C18H13ClF2N2O3S/c1-11-9-15(22-23(11)18-13(20)6-4-7-14(18)21)16(24)10-27(25,26)17-8-3-2-5-12(17)19/h2-9H,10H2,1H3. The maximum Gasteiger partial charge on any atom is 0.198 e. The third kappa shape index (κ3) is 3.77. The van der Waals surface area contributed by atoms with Gasteiger partial charge in [0.15, 0.2) is 27.3 Å². The van der Waals surface area contributed by atoms with E-state index in [4.69, 9.17) is 11.6 Å². The molecule has 0 spiro atoms. The van der Waals surface area contributed by atoms with E-state index >= 15 is 0 Å². The molecule has 27 heavy (non-hydrogen) atoms. The van der Waals surface area contributed by atoms with Gasteiger partial charge in [0.25, 0.3) is 0 Å². The molecule has 5 nitrogen and oxygen atoms in total. The summed E-state index contributed by atoms with van der Waals surface area (Å²) < 4.78 is 53.8. The second kappa shape index (κ2) is 7.21. The monoisotopic (exact) mass is 410 g/mol. The first kappa shape index (κ1) is 19.2. The Bertz CT molecular complexity index is 1120. The quantitative estimate of drug-likeness (QED) is 0.600. The van der Waals surface area contributed by atoms with Gasteiger partial charge in [-0.3, -0.25) is 4.79 Å². The highest BCUT2D eigenvalue weighted by atomic mass is 35.5. The Morgan fingerprint density at radius 3 is 2.37 bits per heavy atom. The molecule has 0 aliphatic heterocycles. The van der Waals surface area contributed by atoms with Gasteiger partial charge in [0.05, 0.1) is 9.92 Å². The molecular weight excluding hydrogens is 398 g/mol. The van der Waals surface area contributed by atoms with Crippen molar-refractivity contribution in [2.45, 2.75) is 11.8 Å². The maximum absolute atomic E-state index is 14.0. The third-order valence-corrected chi connectivity index (χ3v) is 5.93. The van der Waals surface area contributed by atoms with Crippen LogP contribution in [0.4, 0.5) is 8.78 Å². The largest absolute Gasteiger partial charge is 0.291 e. The molecule has 1 aromatic heterocycles. The molecule has 9 heteroatoms. The molecule has 3 rings (SSSR count). The zero-order valence-corrected chi connectivity index (χ0v) is 15.6. The lowest BCUT2D eigenvalue weighted by Crippen LogP contribution is -2.17. The second-order valence-corrected chi connectivity index (χ2v) is 8.13. The number of para-hydroxylation sites is 1. The molecule has 0 amide bonds. The Kier molecular flexibility index (Phi) is 5.12. The van der Waals surface area contributed by atoms with Crippen LogP contribution in [-0.2, 0) is 9.84 Å². The van der Waals surface area contributed by atoms with E-state index in [1.165, 1.54) is 37.3 Å². The number of benzene rings is 2. The van der Waals surface area contributed by atoms with E-state index in [0.717, 1.165) is 16.8 Å². The van der Waals surface area contributed by atoms with E-state index in [1.807, 2.05) is 0 Å². The van der Waals surface area contributed by atoms with Gasteiger partial charge in [-0.15, -0.1) is 0 Å². The van der Waals surface area contributed by atoms with E-state index < -0.39 is 38.7 Å². The predicted octanol–water partition coefficient (Wildman–Crippen LogP) is 3.77. The van der Waals surface area contributed by atoms with Crippen LogP contribution in [0.15, 0.2) is 53.4 Å². The van der Waals surface area contributed by atoms with E-state index in [0.29, 0.717) is 0 Å². The zero-order valence-electron chi connectivity index (χ0n) is 14.0. The molecule has 140 valence electrons. The zero-order chi connectivity index (χ0) is 19.8. The fourth-order valence-electron chi connectivity index (χ4n) is 2.55. The van der Waals surface area contributed by atoms with Crippen molar-refractivity contribution in [1.82, 2.24) is 9.78 Å². The van der Waals surface area contributed by atoms with E-state index in [9.17, 15) is 22.0 Å². The SMILES string of the molecule is Cc1cc(C(=O)CS(=O)(=O)c2ccccc2Cl)nn1-c1c(F)cccc1F. The molecule has 0 radical (unpaired) electrons. The van der Waals surface area contributed by atoms with Crippen LogP contribution in [0, 0.1) is 18.6 Å². The molecule has 0 fully saturated rings. The van der Waals surface area contributed by atoms with Crippen molar-refractivity contribution in [3.63, 3.8) is 0 Å². The number of carbonyl (C=O) groups is 1. The minimum absolute atomic E-state index is 0.000405. The molecule has 0 unspecified atom stereocenters. The van der Waals surface area contributed by atoms with Gasteiger partial charge in [0, 0.05) is 5.69 Å². The molecule has 0 aliphatic carbocycles. The summed E-state index contributed by atoms with van der Waals surface area (Å²) in [5.41, 5.74) is -0.383. The van der Waals surface area contributed by atoms with Gasteiger partial charge in [-0.05, 0) is 37.3 Å². The van der Waals surface area contributed by atoms with Crippen molar-refractivity contribution in [3.05, 3.63) is 76.6 Å². The summed E-state index contributed by atoms with van der Waals surface area (Å²) in [5.74, 6) is -3.39. The number of nitrogens with zero attached hydrogens (tertiary/aromatic N) is 2. The number of Topliss-reactive ketones (excluding diaryl/α,β-unsaturated/α-hetero) is 1. The number of halogens is 3.